The minimum absolute atomic E-state index is 0.647. The number of nitrogens with one attached hydrogen (secondary N) is 1. The number of nitrogens with zero attached hydrogens (tertiary/aromatic N) is 1. The van der Waals surface area contributed by atoms with Crippen molar-refractivity contribution in [2.45, 2.75) is 0 Å². The van der Waals surface area contributed by atoms with Gasteiger partial charge in [0, 0.05) is 31.5 Å². The number of amides is 1. The molecule has 0 aromatic heterocycles. The second-order valence-electron chi connectivity index (χ2n) is 2.52. The highest BCUT2D eigenvalue weighted by Crippen LogP contribution is 2.02. The zero-order valence-electron chi connectivity index (χ0n) is 6.86. The number of hydrogen-bond donors (Lipinski definition) is 2. The Balaban J connectivity index is 2.38. The Morgan fingerprint density at radius 1 is 1.75 bits per heavy atom. The molecule has 0 aromatic rings. The first-order chi connectivity index (χ1) is 5.86. The fraction of sp³-hybridized carbons (Fsp3) is 0.375. The summed E-state index contributed by atoms with van der Waals surface area (Å²) in [6.07, 6.45) is 6.41. The van der Waals surface area contributed by atoms with Crippen LogP contribution in [0.3, 0.4) is 0 Å². The maximum Gasteiger partial charge on any atom is 0.211 e. The molecule has 0 aliphatic carbocycles. The first-order valence-electron chi connectivity index (χ1n) is 3.89. The van der Waals surface area contributed by atoms with Crippen LogP contribution in [-0.4, -0.2) is 30.9 Å². The molecule has 0 unspecified atom stereocenters. The number of nitrogens with two attached hydrogens (primary N) is 1. The summed E-state index contributed by atoms with van der Waals surface area (Å²) in [5.41, 5.74) is 6.23. The molecule has 12 heavy (non-hydrogen) atoms. The van der Waals surface area contributed by atoms with Crippen molar-refractivity contribution in [3.63, 3.8) is 0 Å². The molecule has 1 aliphatic rings. The topological polar surface area (TPSA) is 58.4 Å². The summed E-state index contributed by atoms with van der Waals surface area (Å²) in [5.74, 6) is 0. The molecule has 3 N–H and O–H groups in total. The summed E-state index contributed by atoms with van der Waals surface area (Å²) < 4.78 is 0. The standard InChI is InChI=1S/C8H13N3O/c9-3-6-11-4-1-8(2-5-11)10-7-12/h1-2,4,7H,3,5-6,9H2,(H,10,12). The monoisotopic (exact) mass is 167 g/mol. The number of carbonyl (C=O) groups is 1. The van der Waals surface area contributed by atoms with Crippen LogP contribution >= 0.6 is 0 Å². The van der Waals surface area contributed by atoms with Crippen LogP contribution in [0.25, 0.3) is 0 Å². The van der Waals surface area contributed by atoms with Gasteiger partial charge in [-0.05, 0) is 12.2 Å². The van der Waals surface area contributed by atoms with Crippen molar-refractivity contribution < 1.29 is 4.79 Å². The normalized spacial score (nSPS) is 15.8. The Morgan fingerprint density at radius 2 is 2.58 bits per heavy atom. The lowest BCUT2D eigenvalue weighted by Gasteiger charge is -2.21. The summed E-state index contributed by atoms with van der Waals surface area (Å²) in [6, 6.07) is 0. The van der Waals surface area contributed by atoms with Crippen LogP contribution in [0, 0.1) is 0 Å². The second kappa shape index (κ2) is 4.56. The van der Waals surface area contributed by atoms with Crippen molar-refractivity contribution in [2.75, 3.05) is 19.6 Å². The van der Waals surface area contributed by atoms with E-state index in [2.05, 4.69) is 10.2 Å². The number of carbonyl (C=O) groups excluding carboxylic acids is 1. The zero-order valence-corrected chi connectivity index (χ0v) is 6.86. The molecule has 1 rings (SSSR count). The Bertz CT molecular complexity index is 210. The lowest BCUT2D eigenvalue weighted by molar-refractivity contribution is -0.108. The van der Waals surface area contributed by atoms with Gasteiger partial charge in [0.05, 0.1) is 0 Å². The molecule has 0 atom stereocenters. The third kappa shape index (κ3) is 2.39. The van der Waals surface area contributed by atoms with E-state index in [9.17, 15) is 4.79 Å². The highest BCUT2D eigenvalue weighted by molar-refractivity contribution is 5.52. The van der Waals surface area contributed by atoms with E-state index in [1.165, 1.54) is 0 Å². The van der Waals surface area contributed by atoms with Crippen LogP contribution < -0.4 is 11.1 Å². The van der Waals surface area contributed by atoms with Gasteiger partial charge < -0.3 is 16.0 Å². The Kier molecular flexibility index (Phi) is 3.35. The van der Waals surface area contributed by atoms with Crippen LogP contribution in [0.1, 0.15) is 0 Å². The molecule has 0 spiro atoms. The Labute approximate surface area is 71.7 Å². The van der Waals surface area contributed by atoms with E-state index in [0.29, 0.717) is 13.0 Å². The zero-order chi connectivity index (χ0) is 8.81. The van der Waals surface area contributed by atoms with E-state index in [1.807, 2.05) is 18.4 Å². The molecule has 0 aromatic carbocycles. The van der Waals surface area contributed by atoms with Crippen molar-refractivity contribution in [3.8, 4) is 0 Å². The van der Waals surface area contributed by atoms with Crippen LogP contribution in [0.15, 0.2) is 24.0 Å². The highest BCUT2D eigenvalue weighted by atomic mass is 16.1. The van der Waals surface area contributed by atoms with Crippen LogP contribution in [0.4, 0.5) is 0 Å². The van der Waals surface area contributed by atoms with E-state index in [-0.39, 0.29) is 0 Å². The van der Waals surface area contributed by atoms with E-state index < -0.39 is 0 Å². The molecule has 4 heteroatoms. The largest absolute Gasteiger partial charge is 0.372 e. The number of rotatable bonds is 4. The van der Waals surface area contributed by atoms with Crippen molar-refractivity contribution in [1.82, 2.24) is 10.2 Å². The SMILES string of the molecule is NCCN1C=CC(NC=O)=CC1. The van der Waals surface area contributed by atoms with Gasteiger partial charge in [0.25, 0.3) is 0 Å². The molecule has 0 fully saturated rings. The van der Waals surface area contributed by atoms with E-state index >= 15 is 0 Å². The van der Waals surface area contributed by atoms with E-state index in [1.54, 1.807) is 0 Å². The van der Waals surface area contributed by atoms with Crippen LogP contribution in [0.2, 0.25) is 0 Å². The summed E-state index contributed by atoms with van der Waals surface area (Å²) >= 11 is 0. The molecule has 0 saturated heterocycles. The van der Waals surface area contributed by atoms with Gasteiger partial charge in [0.1, 0.15) is 0 Å². The van der Waals surface area contributed by atoms with Gasteiger partial charge >= 0.3 is 0 Å². The molecular weight excluding hydrogens is 154 g/mol. The van der Waals surface area contributed by atoms with Gasteiger partial charge in [0.2, 0.25) is 6.41 Å². The molecule has 0 bridgehead atoms. The highest BCUT2D eigenvalue weighted by Gasteiger charge is 2.01. The predicted molar refractivity (Wildman–Crippen MR) is 47.1 cm³/mol. The minimum atomic E-state index is 0.647. The van der Waals surface area contributed by atoms with Gasteiger partial charge in [-0.2, -0.15) is 0 Å². The predicted octanol–water partition coefficient (Wildman–Crippen LogP) is -0.596. The lowest BCUT2D eigenvalue weighted by atomic mass is 10.3. The van der Waals surface area contributed by atoms with Gasteiger partial charge in [-0.25, -0.2) is 0 Å². The van der Waals surface area contributed by atoms with Gasteiger partial charge in [-0.1, -0.05) is 0 Å². The molecule has 1 aliphatic heterocycles. The Hall–Kier alpha value is -1.29. The smallest absolute Gasteiger partial charge is 0.211 e. The third-order valence-corrected chi connectivity index (χ3v) is 1.65. The molecule has 1 heterocycles. The van der Waals surface area contributed by atoms with Crippen molar-refractivity contribution in [3.05, 3.63) is 24.0 Å². The fourth-order valence-corrected chi connectivity index (χ4v) is 1.04. The molecular formula is C8H13N3O. The van der Waals surface area contributed by atoms with Crippen molar-refractivity contribution in [2.24, 2.45) is 5.73 Å². The molecule has 1 amide bonds. The summed E-state index contributed by atoms with van der Waals surface area (Å²) in [6.45, 7) is 2.31. The fourth-order valence-electron chi connectivity index (χ4n) is 1.04. The van der Waals surface area contributed by atoms with Crippen molar-refractivity contribution in [1.29, 1.82) is 0 Å². The maximum absolute atomic E-state index is 10.1. The van der Waals surface area contributed by atoms with Crippen LogP contribution in [-0.2, 0) is 4.79 Å². The van der Waals surface area contributed by atoms with Crippen molar-refractivity contribution >= 4 is 6.41 Å². The lowest BCUT2D eigenvalue weighted by Crippen LogP contribution is -2.27. The number of hydrogen-bond acceptors (Lipinski definition) is 3. The van der Waals surface area contributed by atoms with Crippen LogP contribution in [0.5, 0.6) is 0 Å². The van der Waals surface area contributed by atoms with E-state index in [4.69, 9.17) is 5.73 Å². The first-order valence-corrected chi connectivity index (χ1v) is 3.89. The van der Waals surface area contributed by atoms with Gasteiger partial charge in [-0.3, -0.25) is 4.79 Å². The Morgan fingerprint density at radius 3 is 3.08 bits per heavy atom. The average molecular weight is 167 g/mol. The molecule has 66 valence electrons. The molecule has 4 nitrogen and oxygen atoms in total. The van der Waals surface area contributed by atoms with Gasteiger partial charge in [-0.15, -0.1) is 0 Å². The minimum Gasteiger partial charge on any atom is -0.372 e. The van der Waals surface area contributed by atoms with Gasteiger partial charge in [0.15, 0.2) is 0 Å². The first kappa shape index (κ1) is 8.80. The quantitative estimate of drug-likeness (QED) is 0.550. The summed E-state index contributed by atoms with van der Waals surface area (Å²) in [7, 11) is 0. The maximum atomic E-state index is 10.1. The molecule has 0 radical (unpaired) electrons. The summed E-state index contributed by atoms with van der Waals surface area (Å²) in [4.78, 5) is 12.1. The third-order valence-electron chi connectivity index (χ3n) is 1.65. The van der Waals surface area contributed by atoms with E-state index in [0.717, 1.165) is 18.8 Å². The number of allylic oxidation sites excluding steroid dienone is 1. The summed E-state index contributed by atoms with van der Waals surface area (Å²) in [5, 5.41) is 2.58. The second-order valence-corrected chi connectivity index (χ2v) is 2.52. The molecule has 0 saturated carbocycles. The average Bonchev–Trinajstić information content (AvgIpc) is 2.09.